The van der Waals surface area contributed by atoms with Crippen molar-refractivity contribution in [2.45, 2.75) is 12.5 Å². The Kier molecular flexibility index (Phi) is 3.41. The lowest BCUT2D eigenvalue weighted by molar-refractivity contribution is -0.120. The second-order valence-corrected chi connectivity index (χ2v) is 4.13. The third kappa shape index (κ3) is 2.51. The first-order valence-electron chi connectivity index (χ1n) is 5.12. The van der Waals surface area contributed by atoms with E-state index in [1.165, 1.54) is 18.2 Å². The predicted molar refractivity (Wildman–Crippen MR) is 59.8 cm³/mol. The molecule has 1 aromatic carbocycles. The van der Waals surface area contributed by atoms with Gasteiger partial charge in [0.25, 0.3) is 0 Å². The van der Waals surface area contributed by atoms with Crippen molar-refractivity contribution < 1.29 is 9.18 Å². The van der Waals surface area contributed by atoms with Gasteiger partial charge < -0.3 is 10.6 Å². The standard InChI is InChI=1S/C11H12ClFN2O/c12-9-2-1-7(13)5-8(9)10-6-15-11(16)3-4-14-10/h1-2,5,10,14H,3-4,6H2,(H,15,16). The molecule has 2 rings (SSSR count). The Morgan fingerprint density at radius 3 is 3.06 bits per heavy atom. The molecule has 16 heavy (non-hydrogen) atoms. The number of hydrogen-bond donors (Lipinski definition) is 2. The largest absolute Gasteiger partial charge is 0.354 e. The van der Waals surface area contributed by atoms with Gasteiger partial charge in [-0.1, -0.05) is 11.6 Å². The molecule has 1 atom stereocenters. The summed E-state index contributed by atoms with van der Waals surface area (Å²) in [7, 11) is 0. The molecule has 1 aliphatic rings. The van der Waals surface area contributed by atoms with Crippen molar-refractivity contribution in [2.75, 3.05) is 13.1 Å². The normalized spacial score (nSPS) is 21.4. The Bertz CT molecular complexity index is 411. The van der Waals surface area contributed by atoms with E-state index in [-0.39, 0.29) is 17.8 Å². The van der Waals surface area contributed by atoms with Crippen LogP contribution in [0.15, 0.2) is 18.2 Å². The first-order chi connectivity index (χ1) is 7.66. The van der Waals surface area contributed by atoms with Crippen molar-refractivity contribution in [3.05, 3.63) is 34.6 Å². The highest BCUT2D eigenvalue weighted by molar-refractivity contribution is 6.31. The highest BCUT2D eigenvalue weighted by Crippen LogP contribution is 2.24. The molecule has 1 heterocycles. The SMILES string of the molecule is O=C1CCNC(c2cc(F)ccc2Cl)CN1. The lowest BCUT2D eigenvalue weighted by atomic mass is 10.1. The van der Waals surface area contributed by atoms with E-state index in [0.717, 1.165) is 0 Å². The van der Waals surface area contributed by atoms with Crippen molar-refractivity contribution in [3.63, 3.8) is 0 Å². The molecule has 5 heteroatoms. The summed E-state index contributed by atoms with van der Waals surface area (Å²) in [6, 6.07) is 4.12. The molecule has 0 aliphatic carbocycles. The molecule has 1 saturated heterocycles. The fraction of sp³-hybridized carbons (Fsp3) is 0.364. The van der Waals surface area contributed by atoms with Gasteiger partial charge in [0.15, 0.2) is 0 Å². The fourth-order valence-electron chi connectivity index (χ4n) is 1.74. The van der Waals surface area contributed by atoms with E-state index < -0.39 is 0 Å². The van der Waals surface area contributed by atoms with E-state index in [1.54, 1.807) is 0 Å². The number of carbonyl (C=O) groups is 1. The molecule has 0 saturated carbocycles. The minimum Gasteiger partial charge on any atom is -0.354 e. The van der Waals surface area contributed by atoms with Gasteiger partial charge in [-0.25, -0.2) is 4.39 Å². The molecule has 0 aromatic heterocycles. The minimum atomic E-state index is -0.322. The van der Waals surface area contributed by atoms with E-state index in [0.29, 0.717) is 30.1 Å². The van der Waals surface area contributed by atoms with Crippen LogP contribution in [0.3, 0.4) is 0 Å². The van der Waals surface area contributed by atoms with Gasteiger partial charge in [-0.05, 0) is 23.8 Å². The monoisotopic (exact) mass is 242 g/mol. The van der Waals surface area contributed by atoms with Crippen LogP contribution in [-0.2, 0) is 4.79 Å². The maximum Gasteiger partial charge on any atom is 0.221 e. The van der Waals surface area contributed by atoms with Crippen LogP contribution in [0, 0.1) is 5.82 Å². The van der Waals surface area contributed by atoms with Crippen LogP contribution in [0.1, 0.15) is 18.0 Å². The van der Waals surface area contributed by atoms with Crippen molar-refractivity contribution in [1.82, 2.24) is 10.6 Å². The Labute approximate surface area is 98.0 Å². The number of benzene rings is 1. The van der Waals surface area contributed by atoms with Gasteiger partial charge in [0.2, 0.25) is 5.91 Å². The van der Waals surface area contributed by atoms with Gasteiger partial charge in [-0.15, -0.1) is 0 Å². The van der Waals surface area contributed by atoms with Crippen LogP contribution in [0.4, 0.5) is 4.39 Å². The maximum absolute atomic E-state index is 13.1. The lowest BCUT2D eigenvalue weighted by Crippen LogP contribution is -2.29. The molecule has 0 bridgehead atoms. The van der Waals surface area contributed by atoms with E-state index in [2.05, 4.69) is 10.6 Å². The Morgan fingerprint density at radius 1 is 1.44 bits per heavy atom. The van der Waals surface area contributed by atoms with Crippen molar-refractivity contribution in [3.8, 4) is 0 Å². The summed E-state index contributed by atoms with van der Waals surface area (Å²) in [4.78, 5) is 11.2. The van der Waals surface area contributed by atoms with Gasteiger partial charge in [-0.3, -0.25) is 4.79 Å². The second-order valence-electron chi connectivity index (χ2n) is 3.73. The zero-order chi connectivity index (χ0) is 11.5. The minimum absolute atomic E-state index is 0.00234. The predicted octanol–water partition coefficient (Wildman–Crippen LogP) is 1.63. The zero-order valence-corrected chi connectivity index (χ0v) is 9.35. The molecular weight excluding hydrogens is 231 g/mol. The Hall–Kier alpha value is -1.13. The van der Waals surface area contributed by atoms with E-state index >= 15 is 0 Å². The third-order valence-corrected chi connectivity index (χ3v) is 2.92. The van der Waals surface area contributed by atoms with Gasteiger partial charge in [-0.2, -0.15) is 0 Å². The first-order valence-corrected chi connectivity index (χ1v) is 5.49. The summed E-state index contributed by atoms with van der Waals surface area (Å²) in [5.41, 5.74) is 0.684. The van der Waals surface area contributed by atoms with Gasteiger partial charge >= 0.3 is 0 Å². The van der Waals surface area contributed by atoms with E-state index in [4.69, 9.17) is 11.6 Å². The molecule has 1 fully saturated rings. The highest BCUT2D eigenvalue weighted by atomic mass is 35.5. The van der Waals surface area contributed by atoms with E-state index in [9.17, 15) is 9.18 Å². The van der Waals surface area contributed by atoms with Crippen LogP contribution in [0.2, 0.25) is 5.02 Å². The number of nitrogens with one attached hydrogen (secondary N) is 2. The molecule has 3 nitrogen and oxygen atoms in total. The van der Waals surface area contributed by atoms with Crippen molar-refractivity contribution in [1.29, 1.82) is 0 Å². The van der Waals surface area contributed by atoms with Crippen LogP contribution >= 0.6 is 11.6 Å². The number of hydrogen-bond acceptors (Lipinski definition) is 2. The van der Waals surface area contributed by atoms with Crippen LogP contribution < -0.4 is 10.6 Å². The highest BCUT2D eigenvalue weighted by Gasteiger charge is 2.19. The quantitative estimate of drug-likeness (QED) is 0.786. The van der Waals surface area contributed by atoms with E-state index in [1.807, 2.05) is 0 Å². The summed E-state index contributed by atoms with van der Waals surface area (Å²) in [6.45, 7) is 1.01. The third-order valence-electron chi connectivity index (χ3n) is 2.58. The molecule has 1 aromatic rings. The number of carbonyl (C=O) groups excluding carboxylic acids is 1. The zero-order valence-electron chi connectivity index (χ0n) is 8.59. The number of amides is 1. The summed E-state index contributed by atoms with van der Waals surface area (Å²) >= 11 is 6.00. The molecule has 1 amide bonds. The summed E-state index contributed by atoms with van der Waals surface area (Å²) in [5.74, 6) is -0.320. The van der Waals surface area contributed by atoms with Crippen LogP contribution in [0.25, 0.3) is 0 Å². The lowest BCUT2D eigenvalue weighted by Gasteiger charge is -2.17. The van der Waals surface area contributed by atoms with Gasteiger partial charge in [0, 0.05) is 24.5 Å². The first kappa shape index (κ1) is 11.4. The summed E-state index contributed by atoms with van der Waals surface area (Å²) < 4.78 is 13.1. The molecular formula is C11H12ClFN2O. The van der Waals surface area contributed by atoms with Crippen LogP contribution in [0.5, 0.6) is 0 Å². The summed E-state index contributed by atoms with van der Waals surface area (Å²) in [6.07, 6.45) is 0.434. The molecule has 0 spiro atoms. The average Bonchev–Trinajstić information content (AvgIpc) is 2.47. The molecule has 0 radical (unpaired) electrons. The van der Waals surface area contributed by atoms with Crippen LogP contribution in [-0.4, -0.2) is 19.0 Å². The number of rotatable bonds is 1. The van der Waals surface area contributed by atoms with Crippen molar-refractivity contribution >= 4 is 17.5 Å². The molecule has 86 valence electrons. The Morgan fingerprint density at radius 2 is 2.25 bits per heavy atom. The van der Waals surface area contributed by atoms with Gasteiger partial charge in [0.1, 0.15) is 5.82 Å². The van der Waals surface area contributed by atoms with Gasteiger partial charge in [0.05, 0.1) is 6.04 Å². The topological polar surface area (TPSA) is 41.1 Å². The maximum atomic E-state index is 13.1. The fourth-order valence-corrected chi connectivity index (χ4v) is 1.99. The number of halogens is 2. The van der Waals surface area contributed by atoms with Crippen molar-refractivity contribution in [2.24, 2.45) is 0 Å². The molecule has 1 aliphatic heterocycles. The molecule has 2 N–H and O–H groups in total. The average molecular weight is 243 g/mol. The Balaban J connectivity index is 2.22. The summed E-state index contributed by atoms with van der Waals surface area (Å²) in [5, 5.41) is 6.43. The second kappa shape index (κ2) is 4.80. The molecule has 1 unspecified atom stereocenters. The smallest absolute Gasteiger partial charge is 0.221 e.